The highest BCUT2D eigenvalue weighted by molar-refractivity contribution is 7.22. The lowest BCUT2D eigenvalue weighted by Crippen LogP contribution is -2.19. The Morgan fingerprint density at radius 1 is 1.36 bits per heavy atom. The van der Waals surface area contributed by atoms with E-state index >= 15 is 0 Å². The fourth-order valence-electron chi connectivity index (χ4n) is 2.76. The van der Waals surface area contributed by atoms with E-state index in [4.69, 9.17) is 10.5 Å². The monoisotopic (exact) mass is 316 g/mol. The molecule has 22 heavy (non-hydrogen) atoms. The standard InChI is InChI=1S/C16H16N2O3S/c1-18-11-6-4-3-5-9(11)13-12(16(18)20)10(7-8-21-2)14(22-13)15(17)19/h3-6H,7-8H2,1-2H3,(H2,17,19). The molecule has 5 nitrogen and oxygen atoms in total. The van der Waals surface area contributed by atoms with E-state index in [1.165, 1.54) is 11.3 Å². The van der Waals surface area contributed by atoms with Gasteiger partial charge in [0, 0.05) is 19.5 Å². The topological polar surface area (TPSA) is 74.3 Å². The summed E-state index contributed by atoms with van der Waals surface area (Å²) in [6.07, 6.45) is 0.488. The van der Waals surface area contributed by atoms with Gasteiger partial charge < -0.3 is 15.0 Å². The number of nitrogens with two attached hydrogens (primary N) is 1. The van der Waals surface area contributed by atoms with Crippen LogP contribution in [0.1, 0.15) is 15.2 Å². The maximum Gasteiger partial charge on any atom is 0.259 e. The number of carbonyl (C=O) groups excluding carboxylic acids is 1. The number of nitrogens with zero attached hydrogens (tertiary/aromatic N) is 1. The molecule has 3 aromatic rings. The van der Waals surface area contributed by atoms with Gasteiger partial charge in [0.2, 0.25) is 0 Å². The molecular formula is C16H16N2O3S. The number of hydrogen-bond donors (Lipinski definition) is 1. The van der Waals surface area contributed by atoms with Crippen LogP contribution < -0.4 is 11.3 Å². The highest BCUT2D eigenvalue weighted by atomic mass is 32.1. The number of carbonyl (C=O) groups is 1. The molecule has 2 N–H and O–H groups in total. The summed E-state index contributed by atoms with van der Waals surface area (Å²) in [5, 5.41) is 1.54. The highest BCUT2D eigenvalue weighted by Crippen LogP contribution is 2.34. The number of para-hydroxylation sites is 1. The van der Waals surface area contributed by atoms with Crippen molar-refractivity contribution in [2.45, 2.75) is 6.42 Å². The van der Waals surface area contributed by atoms with Crippen LogP contribution in [0.2, 0.25) is 0 Å². The van der Waals surface area contributed by atoms with Crippen LogP contribution in [0.15, 0.2) is 29.1 Å². The number of aryl methyl sites for hydroxylation is 1. The minimum Gasteiger partial charge on any atom is -0.384 e. The number of hydrogen-bond acceptors (Lipinski definition) is 4. The summed E-state index contributed by atoms with van der Waals surface area (Å²) < 4.78 is 7.53. The number of aromatic nitrogens is 1. The Morgan fingerprint density at radius 2 is 2.09 bits per heavy atom. The molecular weight excluding hydrogens is 300 g/mol. The number of methoxy groups -OCH3 is 1. The van der Waals surface area contributed by atoms with E-state index in [2.05, 4.69) is 0 Å². The van der Waals surface area contributed by atoms with Crippen LogP contribution in [-0.2, 0) is 18.2 Å². The van der Waals surface area contributed by atoms with Crippen LogP contribution >= 0.6 is 11.3 Å². The van der Waals surface area contributed by atoms with E-state index in [-0.39, 0.29) is 5.56 Å². The van der Waals surface area contributed by atoms with Gasteiger partial charge in [0.25, 0.3) is 11.5 Å². The van der Waals surface area contributed by atoms with E-state index in [0.29, 0.717) is 28.9 Å². The number of fused-ring (bicyclic) bond motifs is 3. The van der Waals surface area contributed by atoms with Crippen LogP contribution in [0.3, 0.4) is 0 Å². The Morgan fingerprint density at radius 3 is 2.77 bits per heavy atom. The molecule has 0 atom stereocenters. The van der Waals surface area contributed by atoms with Crippen molar-refractivity contribution in [1.29, 1.82) is 0 Å². The number of thiophene rings is 1. The van der Waals surface area contributed by atoms with Gasteiger partial charge in [-0.15, -0.1) is 11.3 Å². The lowest BCUT2D eigenvalue weighted by Gasteiger charge is -2.07. The predicted octanol–water partition coefficient (Wildman–Crippen LogP) is 2.04. The largest absolute Gasteiger partial charge is 0.384 e. The SMILES string of the molecule is COCCc1c(C(N)=O)sc2c1c(=O)n(C)c1ccccc21. The first kappa shape index (κ1) is 14.7. The molecule has 114 valence electrons. The van der Waals surface area contributed by atoms with Crippen LogP contribution in [0, 0.1) is 0 Å². The minimum absolute atomic E-state index is 0.108. The van der Waals surface area contributed by atoms with Gasteiger partial charge in [-0.2, -0.15) is 0 Å². The minimum atomic E-state index is -0.501. The Bertz CT molecular complexity index is 940. The second-order valence-corrected chi connectivity index (χ2v) is 6.12. The van der Waals surface area contributed by atoms with Gasteiger partial charge in [-0.05, 0) is 18.1 Å². The summed E-state index contributed by atoms with van der Waals surface area (Å²) in [7, 11) is 3.33. The summed E-state index contributed by atoms with van der Waals surface area (Å²) in [6, 6.07) is 7.67. The number of amides is 1. The van der Waals surface area contributed by atoms with E-state index < -0.39 is 5.91 Å². The molecule has 2 heterocycles. The summed E-state index contributed by atoms with van der Waals surface area (Å²) in [5.41, 5.74) is 6.93. The van der Waals surface area contributed by atoms with Gasteiger partial charge in [-0.1, -0.05) is 18.2 Å². The van der Waals surface area contributed by atoms with E-state index in [0.717, 1.165) is 15.6 Å². The Balaban J connectivity index is 2.49. The number of pyridine rings is 1. The lowest BCUT2D eigenvalue weighted by molar-refractivity contribution is 0.100. The van der Waals surface area contributed by atoms with Gasteiger partial charge in [0.15, 0.2) is 0 Å². The molecule has 2 aromatic heterocycles. The molecule has 1 amide bonds. The Hall–Kier alpha value is -2.18. The van der Waals surface area contributed by atoms with Gasteiger partial charge in [0.1, 0.15) is 0 Å². The molecule has 0 saturated carbocycles. The van der Waals surface area contributed by atoms with Crippen molar-refractivity contribution < 1.29 is 9.53 Å². The molecule has 0 fully saturated rings. The smallest absolute Gasteiger partial charge is 0.259 e. The Labute approximate surface area is 130 Å². The highest BCUT2D eigenvalue weighted by Gasteiger charge is 2.21. The molecule has 0 aliphatic rings. The second kappa shape index (κ2) is 5.55. The van der Waals surface area contributed by atoms with E-state index in [9.17, 15) is 9.59 Å². The molecule has 0 aliphatic carbocycles. The quantitative estimate of drug-likeness (QED) is 0.800. The maximum atomic E-state index is 12.7. The van der Waals surface area contributed by atoms with E-state index in [1.54, 1.807) is 18.7 Å². The lowest BCUT2D eigenvalue weighted by atomic mass is 10.1. The number of ether oxygens (including phenoxy) is 1. The molecule has 0 radical (unpaired) electrons. The normalized spacial score (nSPS) is 11.4. The van der Waals surface area contributed by atoms with Gasteiger partial charge in [0.05, 0.1) is 27.1 Å². The van der Waals surface area contributed by atoms with Gasteiger partial charge in [-0.25, -0.2) is 0 Å². The van der Waals surface area contributed by atoms with Crippen molar-refractivity contribution in [3.8, 4) is 0 Å². The van der Waals surface area contributed by atoms with Crippen LogP contribution in [-0.4, -0.2) is 24.2 Å². The first-order valence-corrected chi connectivity index (χ1v) is 7.69. The number of primary amides is 1. The number of benzene rings is 1. The molecule has 0 unspecified atom stereocenters. The fourth-order valence-corrected chi connectivity index (χ4v) is 3.99. The third-order valence-electron chi connectivity index (χ3n) is 3.82. The van der Waals surface area contributed by atoms with Gasteiger partial charge >= 0.3 is 0 Å². The second-order valence-electron chi connectivity index (χ2n) is 5.10. The molecule has 0 bridgehead atoms. The average Bonchev–Trinajstić information content (AvgIpc) is 2.90. The molecule has 0 saturated heterocycles. The third kappa shape index (κ3) is 2.12. The summed E-state index contributed by atoms with van der Waals surface area (Å²) in [6.45, 7) is 0.433. The van der Waals surface area contributed by atoms with Crippen molar-refractivity contribution in [1.82, 2.24) is 4.57 Å². The summed E-state index contributed by atoms with van der Waals surface area (Å²) >= 11 is 1.29. The van der Waals surface area contributed by atoms with Crippen molar-refractivity contribution in [2.75, 3.05) is 13.7 Å². The first-order valence-electron chi connectivity index (χ1n) is 6.88. The fraction of sp³-hybridized carbons (Fsp3) is 0.250. The van der Waals surface area contributed by atoms with Crippen LogP contribution in [0.5, 0.6) is 0 Å². The average molecular weight is 316 g/mol. The van der Waals surface area contributed by atoms with Crippen LogP contribution in [0.25, 0.3) is 21.0 Å². The summed E-state index contributed by atoms with van der Waals surface area (Å²) in [5.74, 6) is -0.501. The zero-order valence-electron chi connectivity index (χ0n) is 12.4. The van der Waals surface area contributed by atoms with Crippen molar-refractivity contribution in [3.63, 3.8) is 0 Å². The number of rotatable bonds is 4. The molecule has 0 spiro atoms. The molecule has 0 aliphatic heterocycles. The van der Waals surface area contributed by atoms with Crippen molar-refractivity contribution in [3.05, 3.63) is 45.1 Å². The van der Waals surface area contributed by atoms with Gasteiger partial charge in [-0.3, -0.25) is 9.59 Å². The zero-order valence-corrected chi connectivity index (χ0v) is 13.2. The summed E-state index contributed by atoms with van der Waals surface area (Å²) in [4.78, 5) is 25.0. The van der Waals surface area contributed by atoms with E-state index in [1.807, 2.05) is 24.3 Å². The molecule has 1 aromatic carbocycles. The zero-order chi connectivity index (χ0) is 15.9. The molecule has 6 heteroatoms. The predicted molar refractivity (Wildman–Crippen MR) is 88.7 cm³/mol. The van der Waals surface area contributed by atoms with Crippen LogP contribution in [0.4, 0.5) is 0 Å². The molecule has 3 rings (SSSR count). The first-order chi connectivity index (χ1) is 10.6. The maximum absolute atomic E-state index is 12.7. The van der Waals surface area contributed by atoms with Crippen molar-refractivity contribution >= 4 is 38.2 Å². The third-order valence-corrected chi connectivity index (χ3v) is 5.10. The Kier molecular flexibility index (Phi) is 3.72. The van der Waals surface area contributed by atoms with Crippen molar-refractivity contribution in [2.24, 2.45) is 12.8 Å².